The molecule has 1 aliphatic rings. The fraction of sp³-hybridized carbons (Fsp3) is 0.211. The second-order valence-corrected chi connectivity index (χ2v) is 8.10. The fourth-order valence-electron chi connectivity index (χ4n) is 3.08. The molecule has 4 rings (SSSR count). The number of ketones is 1. The van der Waals surface area contributed by atoms with Crippen LogP contribution in [-0.2, 0) is 4.79 Å². The molecule has 4 nitrogen and oxygen atoms in total. The number of carbonyl (C=O) groups is 1. The largest absolute Gasteiger partial charge is 0.298 e. The number of benzene rings is 2. The molecule has 1 aromatic heterocycles. The predicted molar refractivity (Wildman–Crippen MR) is 106 cm³/mol. The van der Waals surface area contributed by atoms with Crippen LogP contribution in [0.2, 0.25) is 10.0 Å². The number of para-hydroxylation sites is 1. The van der Waals surface area contributed by atoms with E-state index in [2.05, 4.69) is 4.98 Å². The highest BCUT2D eigenvalue weighted by Crippen LogP contribution is 2.33. The zero-order chi connectivity index (χ0) is 18.3. The van der Waals surface area contributed by atoms with E-state index in [0.29, 0.717) is 38.2 Å². The van der Waals surface area contributed by atoms with Crippen LogP contribution in [0.5, 0.6) is 0 Å². The lowest BCUT2D eigenvalue weighted by Gasteiger charge is -2.15. The van der Waals surface area contributed by atoms with Crippen LogP contribution in [0.1, 0.15) is 19.3 Å². The Balaban J connectivity index is 1.94. The number of fused-ring (bicyclic) bond motifs is 1. The number of hydrogen-bond acceptors (Lipinski definition) is 4. The van der Waals surface area contributed by atoms with Crippen LogP contribution < -0.4 is 5.56 Å². The molecule has 132 valence electrons. The number of Topliss-reactive ketones (excluding diaryl/α,β-unsaturated/α-hetero) is 1. The Morgan fingerprint density at radius 3 is 2.62 bits per heavy atom. The zero-order valence-corrected chi connectivity index (χ0v) is 15.9. The number of nitrogens with zero attached hydrogens (tertiary/aromatic N) is 2. The second kappa shape index (κ2) is 7.06. The van der Waals surface area contributed by atoms with E-state index in [1.165, 1.54) is 16.3 Å². The molecule has 1 atom stereocenters. The second-order valence-electron chi connectivity index (χ2n) is 6.12. The van der Waals surface area contributed by atoms with Crippen molar-refractivity contribution >= 4 is 51.6 Å². The van der Waals surface area contributed by atoms with Gasteiger partial charge in [-0.25, -0.2) is 4.98 Å². The Bertz CT molecular complexity index is 1080. The molecule has 0 radical (unpaired) electrons. The van der Waals surface area contributed by atoms with Gasteiger partial charge in [0.25, 0.3) is 5.56 Å². The van der Waals surface area contributed by atoms with Crippen molar-refractivity contribution in [2.45, 2.75) is 29.7 Å². The average Bonchev–Trinajstić information content (AvgIpc) is 3.03. The van der Waals surface area contributed by atoms with Crippen molar-refractivity contribution in [1.29, 1.82) is 0 Å². The molecule has 0 unspecified atom stereocenters. The Morgan fingerprint density at radius 1 is 1.08 bits per heavy atom. The summed E-state index contributed by atoms with van der Waals surface area (Å²) in [6.07, 6.45) is 2.26. The van der Waals surface area contributed by atoms with Crippen molar-refractivity contribution in [2.24, 2.45) is 0 Å². The van der Waals surface area contributed by atoms with E-state index in [1.54, 1.807) is 36.4 Å². The standard InChI is InChI=1S/C19H14Cl2N2O2S/c20-13-9-8-11(10-14(13)21)23-18(25)12-4-1-2-5-15(12)22-19(23)26-17-7-3-6-16(17)24/h1-2,4-5,8-10,17H,3,6-7H2/t17-/m0/s1. The van der Waals surface area contributed by atoms with Gasteiger partial charge >= 0.3 is 0 Å². The molecule has 0 spiro atoms. The van der Waals surface area contributed by atoms with Crippen LogP contribution in [0, 0.1) is 0 Å². The summed E-state index contributed by atoms with van der Waals surface area (Å²) >= 11 is 13.5. The number of rotatable bonds is 3. The lowest BCUT2D eigenvalue weighted by atomic mass is 10.2. The van der Waals surface area contributed by atoms with E-state index in [9.17, 15) is 9.59 Å². The third kappa shape index (κ3) is 3.15. The van der Waals surface area contributed by atoms with Crippen molar-refractivity contribution in [3.8, 4) is 5.69 Å². The Labute approximate surface area is 164 Å². The van der Waals surface area contributed by atoms with Crippen LogP contribution >= 0.6 is 35.0 Å². The van der Waals surface area contributed by atoms with Crippen LogP contribution in [0.3, 0.4) is 0 Å². The molecule has 0 amide bonds. The highest BCUT2D eigenvalue weighted by Gasteiger charge is 2.28. The number of hydrogen-bond donors (Lipinski definition) is 0. The van der Waals surface area contributed by atoms with Gasteiger partial charge in [0.1, 0.15) is 5.78 Å². The first kappa shape index (κ1) is 17.6. The minimum absolute atomic E-state index is 0.169. The summed E-state index contributed by atoms with van der Waals surface area (Å²) in [5.41, 5.74) is 0.999. The number of thioether (sulfide) groups is 1. The van der Waals surface area contributed by atoms with Gasteiger partial charge in [0.05, 0.1) is 31.9 Å². The minimum atomic E-state index is -0.193. The molecule has 2 aromatic carbocycles. The van der Waals surface area contributed by atoms with Gasteiger partial charge in [-0.3, -0.25) is 14.2 Å². The van der Waals surface area contributed by atoms with Crippen molar-refractivity contribution < 1.29 is 4.79 Å². The van der Waals surface area contributed by atoms with Gasteiger partial charge in [-0.1, -0.05) is 47.1 Å². The van der Waals surface area contributed by atoms with Gasteiger partial charge < -0.3 is 0 Å². The maximum Gasteiger partial charge on any atom is 0.266 e. The van der Waals surface area contributed by atoms with Crippen LogP contribution in [-0.4, -0.2) is 20.6 Å². The summed E-state index contributed by atoms with van der Waals surface area (Å²) in [7, 11) is 0. The third-order valence-corrected chi connectivity index (χ3v) is 6.41. The lowest BCUT2D eigenvalue weighted by molar-refractivity contribution is -0.116. The first-order valence-electron chi connectivity index (χ1n) is 8.21. The molecule has 1 heterocycles. The van der Waals surface area contributed by atoms with E-state index in [0.717, 1.165) is 12.8 Å². The SMILES string of the molecule is O=C1CCC[C@@H]1Sc1nc2ccccc2c(=O)n1-c1ccc(Cl)c(Cl)c1. The highest BCUT2D eigenvalue weighted by atomic mass is 35.5. The lowest BCUT2D eigenvalue weighted by Crippen LogP contribution is -2.23. The van der Waals surface area contributed by atoms with Crippen LogP contribution in [0.4, 0.5) is 0 Å². The average molecular weight is 405 g/mol. The molecule has 0 N–H and O–H groups in total. The van der Waals surface area contributed by atoms with Crippen LogP contribution in [0.25, 0.3) is 16.6 Å². The first-order chi connectivity index (χ1) is 12.5. The Morgan fingerprint density at radius 2 is 1.88 bits per heavy atom. The van der Waals surface area contributed by atoms with Crippen LogP contribution in [0.15, 0.2) is 52.4 Å². The normalized spacial score (nSPS) is 17.2. The van der Waals surface area contributed by atoms with Gasteiger partial charge in [-0.05, 0) is 43.2 Å². The maximum absolute atomic E-state index is 13.1. The Kier molecular flexibility index (Phi) is 4.78. The van der Waals surface area contributed by atoms with Crippen molar-refractivity contribution in [3.05, 3.63) is 62.9 Å². The summed E-state index contributed by atoms with van der Waals surface area (Å²) in [6.45, 7) is 0. The minimum Gasteiger partial charge on any atom is -0.298 e. The molecule has 26 heavy (non-hydrogen) atoms. The number of aromatic nitrogens is 2. The molecular weight excluding hydrogens is 391 g/mol. The molecule has 1 fully saturated rings. The molecular formula is C19H14Cl2N2O2S. The molecule has 1 saturated carbocycles. The molecule has 0 saturated heterocycles. The van der Waals surface area contributed by atoms with E-state index < -0.39 is 0 Å². The molecule has 0 aliphatic heterocycles. The molecule has 0 bridgehead atoms. The van der Waals surface area contributed by atoms with Gasteiger partial charge in [0, 0.05) is 6.42 Å². The molecule has 1 aliphatic carbocycles. The Hall–Kier alpha value is -1.82. The summed E-state index contributed by atoms with van der Waals surface area (Å²) in [6, 6.07) is 12.2. The molecule has 3 aromatic rings. The van der Waals surface area contributed by atoms with E-state index in [-0.39, 0.29) is 16.6 Å². The number of carbonyl (C=O) groups excluding carboxylic acids is 1. The van der Waals surface area contributed by atoms with E-state index in [4.69, 9.17) is 23.2 Å². The van der Waals surface area contributed by atoms with Crippen molar-refractivity contribution in [3.63, 3.8) is 0 Å². The third-order valence-electron chi connectivity index (χ3n) is 4.40. The first-order valence-corrected chi connectivity index (χ1v) is 9.85. The van der Waals surface area contributed by atoms with Gasteiger partial charge in [-0.15, -0.1) is 0 Å². The molecule has 7 heteroatoms. The van der Waals surface area contributed by atoms with Gasteiger partial charge in [0.2, 0.25) is 0 Å². The topological polar surface area (TPSA) is 52.0 Å². The van der Waals surface area contributed by atoms with Gasteiger partial charge in [-0.2, -0.15) is 0 Å². The summed E-state index contributed by atoms with van der Waals surface area (Å²) in [5.74, 6) is 0.207. The van der Waals surface area contributed by atoms with Gasteiger partial charge in [0.15, 0.2) is 5.16 Å². The summed E-state index contributed by atoms with van der Waals surface area (Å²) < 4.78 is 1.51. The zero-order valence-electron chi connectivity index (χ0n) is 13.6. The monoisotopic (exact) mass is 404 g/mol. The van der Waals surface area contributed by atoms with E-state index in [1.807, 2.05) is 6.07 Å². The fourth-order valence-corrected chi connectivity index (χ4v) is 4.60. The highest BCUT2D eigenvalue weighted by molar-refractivity contribution is 8.00. The smallest absolute Gasteiger partial charge is 0.266 e. The number of halogens is 2. The summed E-state index contributed by atoms with van der Waals surface area (Å²) in [5, 5.41) is 1.61. The maximum atomic E-state index is 13.1. The summed E-state index contributed by atoms with van der Waals surface area (Å²) in [4.78, 5) is 29.9. The quantitative estimate of drug-likeness (QED) is 0.582. The van der Waals surface area contributed by atoms with Crippen molar-refractivity contribution in [2.75, 3.05) is 0 Å². The van der Waals surface area contributed by atoms with E-state index >= 15 is 0 Å². The van der Waals surface area contributed by atoms with Crippen molar-refractivity contribution in [1.82, 2.24) is 9.55 Å². The predicted octanol–water partition coefficient (Wildman–Crippen LogP) is 4.91.